The zero-order chi connectivity index (χ0) is 16.5. The maximum atomic E-state index is 12.2. The van der Waals surface area contributed by atoms with Gasteiger partial charge in [-0.3, -0.25) is 5.41 Å². The Morgan fingerprint density at radius 2 is 2.09 bits per heavy atom. The molecule has 2 N–H and O–H groups in total. The lowest BCUT2D eigenvalue weighted by atomic mass is 10.3. The Morgan fingerprint density at radius 1 is 1.41 bits per heavy atom. The number of ether oxygens (including phenoxy) is 1. The lowest BCUT2D eigenvalue weighted by Gasteiger charge is -2.09. The number of sulfonamides is 1. The zero-order valence-electron chi connectivity index (χ0n) is 11.3. The van der Waals surface area contributed by atoms with Crippen molar-refractivity contribution in [2.24, 2.45) is 0 Å². The van der Waals surface area contributed by atoms with Crippen molar-refractivity contribution in [3.63, 3.8) is 0 Å². The molecule has 0 radical (unpaired) electrons. The largest absolute Gasteiger partial charge is 0.573 e. The minimum absolute atomic E-state index is 0.0292. The second kappa shape index (κ2) is 5.89. The van der Waals surface area contributed by atoms with Crippen LogP contribution in [0.1, 0.15) is 0 Å². The van der Waals surface area contributed by atoms with E-state index in [4.69, 9.17) is 5.41 Å². The summed E-state index contributed by atoms with van der Waals surface area (Å²) >= 11 is 0.944. The lowest BCUT2D eigenvalue weighted by molar-refractivity contribution is -0.274. The Balaban J connectivity index is 2.34. The number of nitrogens with zero attached hydrogens (tertiary/aromatic N) is 1. The molecular formula is C11H12F3N3O3S2. The second-order valence-electron chi connectivity index (χ2n) is 4.26. The molecule has 2 rings (SSSR count). The van der Waals surface area contributed by atoms with Crippen molar-refractivity contribution in [3.05, 3.63) is 23.0 Å². The zero-order valence-corrected chi connectivity index (χ0v) is 12.9. The summed E-state index contributed by atoms with van der Waals surface area (Å²) in [6.45, 7) is 0.0292. The standard InChI is InChI=1S/C11H12F3N3O3S2/c1-16-22(18,19)5-4-17-8-3-2-7(20-11(12,13)14)6-9(8)21-10(17)15/h2-3,6,15-16H,4-5H2,1H3. The van der Waals surface area contributed by atoms with E-state index < -0.39 is 16.4 Å². The molecule has 0 fully saturated rings. The van der Waals surface area contributed by atoms with Crippen LogP contribution in [-0.2, 0) is 16.6 Å². The fourth-order valence-electron chi connectivity index (χ4n) is 1.80. The first kappa shape index (κ1) is 16.8. The molecule has 2 aromatic rings. The fourth-order valence-corrected chi connectivity index (χ4v) is 3.39. The van der Waals surface area contributed by atoms with Crippen LogP contribution in [0.4, 0.5) is 13.2 Å². The van der Waals surface area contributed by atoms with Gasteiger partial charge >= 0.3 is 6.36 Å². The van der Waals surface area contributed by atoms with E-state index >= 15 is 0 Å². The summed E-state index contributed by atoms with van der Waals surface area (Å²) in [7, 11) is -2.15. The van der Waals surface area contributed by atoms with E-state index in [2.05, 4.69) is 9.46 Å². The van der Waals surface area contributed by atoms with E-state index in [1.165, 1.54) is 23.7 Å². The van der Waals surface area contributed by atoms with Crippen molar-refractivity contribution in [2.75, 3.05) is 12.8 Å². The van der Waals surface area contributed by atoms with Crippen molar-refractivity contribution in [1.29, 1.82) is 5.41 Å². The van der Waals surface area contributed by atoms with Gasteiger partial charge in [0, 0.05) is 6.54 Å². The Bertz CT molecular complexity index is 840. The SMILES string of the molecule is CNS(=O)(=O)CCn1c(=N)sc2cc(OC(F)(F)F)ccc21. The molecular weight excluding hydrogens is 343 g/mol. The number of hydrogen-bond acceptors (Lipinski definition) is 5. The van der Waals surface area contributed by atoms with Crippen LogP contribution in [0.25, 0.3) is 10.2 Å². The summed E-state index contributed by atoms with van der Waals surface area (Å²) in [6, 6.07) is 3.68. The van der Waals surface area contributed by atoms with E-state index in [1.54, 1.807) is 0 Å². The van der Waals surface area contributed by atoms with Gasteiger partial charge < -0.3 is 9.30 Å². The number of aryl methyl sites for hydroxylation is 1. The van der Waals surface area contributed by atoms with Gasteiger partial charge in [0.2, 0.25) is 10.0 Å². The molecule has 0 atom stereocenters. The topological polar surface area (TPSA) is 84.2 Å². The van der Waals surface area contributed by atoms with Crippen LogP contribution in [0, 0.1) is 5.41 Å². The molecule has 11 heteroatoms. The van der Waals surface area contributed by atoms with Gasteiger partial charge in [-0.15, -0.1) is 13.2 Å². The van der Waals surface area contributed by atoms with Crippen LogP contribution < -0.4 is 14.3 Å². The van der Waals surface area contributed by atoms with Gasteiger partial charge in [-0.05, 0) is 25.2 Å². The van der Waals surface area contributed by atoms with E-state index in [0.717, 1.165) is 17.4 Å². The Kier molecular flexibility index (Phi) is 4.49. The highest BCUT2D eigenvalue weighted by molar-refractivity contribution is 7.89. The van der Waals surface area contributed by atoms with Crippen LogP contribution in [0.2, 0.25) is 0 Å². The minimum atomic E-state index is -4.79. The molecule has 1 aromatic carbocycles. The molecule has 0 unspecified atom stereocenters. The summed E-state index contributed by atoms with van der Waals surface area (Å²) in [5.74, 6) is -0.608. The minimum Gasteiger partial charge on any atom is -0.406 e. The van der Waals surface area contributed by atoms with Gasteiger partial charge in [0.1, 0.15) is 5.75 Å². The average Bonchev–Trinajstić information content (AvgIpc) is 2.69. The van der Waals surface area contributed by atoms with Gasteiger partial charge in [-0.1, -0.05) is 11.3 Å². The van der Waals surface area contributed by atoms with E-state index in [0.29, 0.717) is 10.2 Å². The Hall–Kier alpha value is -1.59. The van der Waals surface area contributed by atoms with E-state index in [1.807, 2.05) is 0 Å². The molecule has 1 aromatic heterocycles. The first-order valence-corrected chi connectivity index (χ1v) is 8.43. The highest BCUT2D eigenvalue weighted by Gasteiger charge is 2.31. The number of hydrogen-bond donors (Lipinski definition) is 2. The third-order valence-corrected chi connectivity index (χ3v) is 5.10. The van der Waals surface area contributed by atoms with Gasteiger partial charge in [0.15, 0.2) is 4.80 Å². The molecule has 0 saturated carbocycles. The summed E-state index contributed by atoms with van der Waals surface area (Å²) in [4.78, 5) is 0.0467. The third kappa shape index (κ3) is 3.99. The second-order valence-corrected chi connectivity index (χ2v) is 7.34. The molecule has 0 aliphatic carbocycles. The molecule has 0 amide bonds. The fraction of sp³-hybridized carbons (Fsp3) is 0.364. The highest BCUT2D eigenvalue weighted by Crippen LogP contribution is 2.27. The van der Waals surface area contributed by atoms with Crippen molar-refractivity contribution >= 4 is 31.6 Å². The number of rotatable bonds is 5. The summed E-state index contributed by atoms with van der Waals surface area (Å²) in [5.41, 5.74) is 0.482. The first-order chi connectivity index (χ1) is 10.1. The summed E-state index contributed by atoms with van der Waals surface area (Å²) in [5, 5.41) is 7.82. The quantitative estimate of drug-likeness (QED) is 0.855. The average molecular weight is 355 g/mol. The maximum absolute atomic E-state index is 12.2. The molecule has 6 nitrogen and oxygen atoms in total. The predicted octanol–water partition coefficient (Wildman–Crippen LogP) is 1.63. The van der Waals surface area contributed by atoms with Gasteiger partial charge in [-0.25, -0.2) is 13.1 Å². The number of fused-ring (bicyclic) bond motifs is 1. The number of halogens is 3. The van der Waals surface area contributed by atoms with E-state index in [9.17, 15) is 21.6 Å². The molecule has 22 heavy (non-hydrogen) atoms. The number of alkyl halides is 3. The lowest BCUT2D eigenvalue weighted by Crippen LogP contribution is -2.27. The molecule has 1 heterocycles. The molecule has 0 aliphatic heterocycles. The van der Waals surface area contributed by atoms with Crippen molar-refractivity contribution < 1.29 is 26.3 Å². The highest BCUT2D eigenvalue weighted by atomic mass is 32.2. The maximum Gasteiger partial charge on any atom is 0.573 e. The normalized spacial score (nSPS) is 12.7. The van der Waals surface area contributed by atoms with Crippen LogP contribution in [-0.4, -0.2) is 32.1 Å². The van der Waals surface area contributed by atoms with Crippen LogP contribution in [0.15, 0.2) is 18.2 Å². The molecule has 0 spiro atoms. The summed E-state index contributed by atoms with van der Waals surface area (Å²) < 4.78 is 67.2. The number of aromatic nitrogens is 1. The first-order valence-electron chi connectivity index (χ1n) is 5.96. The van der Waals surface area contributed by atoms with Gasteiger partial charge in [-0.2, -0.15) is 0 Å². The Morgan fingerprint density at radius 3 is 2.68 bits per heavy atom. The monoisotopic (exact) mass is 355 g/mol. The van der Waals surface area contributed by atoms with Crippen LogP contribution >= 0.6 is 11.3 Å². The number of benzene rings is 1. The van der Waals surface area contributed by atoms with Gasteiger partial charge in [0.25, 0.3) is 0 Å². The number of nitrogens with one attached hydrogen (secondary N) is 2. The van der Waals surface area contributed by atoms with Crippen LogP contribution in [0.5, 0.6) is 5.75 Å². The predicted molar refractivity (Wildman–Crippen MR) is 75.2 cm³/mol. The number of thiazole rings is 1. The van der Waals surface area contributed by atoms with Crippen LogP contribution in [0.3, 0.4) is 0 Å². The van der Waals surface area contributed by atoms with Crippen molar-refractivity contribution in [2.45, 2.75) is 12.9 Å². The van der Waals surface area contributed by atoms with Crippen molar-refractivity contribution in [1.82, 2.24) is 9.29 Å². The smallest absolute Gasteiger partial charge is 0.406 e. The molecule has 0 saturated heterocycles. The summed E-state index contributed by atoms with van der Waals surface area (Å²) in [6.07, 6.45) is -4.79. The van der Waals surface area contributed by atoms with Crippen molar-refractivity contribution in [3.8, 4) is 5.75 Å². The Labute approximate surface area is 127 Å². The molecule has 122 valence electrons. The van der Waals surface area contributed by atoms with E-state index in [-0.39, 0.29) is 22.8 Å². The van der Waals surface area contributed by atoms with Gasteiger partial charge in [0.05, 0.1) is 16.0 Å². The third-order valence-electron chi connectivity index (χ3n) is 2.80. The molecule has 0 bridgehead atoms. The molecule has 0 aliphatic rings.